The Morgan fingerprint density at radius 3 is 3.00 bits per heavy atom. The van der Waals surface area contributed by atoms with E-state index >= 15 is 0 Å². The summed E-state index contributed by atoms with van der Waals surface area (Å²) in [4.78, 5) is 13.4. The summed E-state index contributed by atoms with van der Waals surface area (Å²) in [5, 5.41) is 2.08. The van der Waals surface area contributed by atoms with Crippen LogP contribution in [0.25, 0.3) is 9.40 Å². The molecule has 1 aliphatic rings. The molecule has 3 rings (SSSR count). The van der Waals surface area contributed by atoms with Gasteiger partial charge in [-0.2, -0.15) is 0 Å². The van der Waals surface area contributed by atoms with E-state index in [0.29, 0.717) is 5.78 Å². The van der Waals surface area contributed by atoms with Crippen LogP contribution in [0.5, 0.6) is 0 Å². The molecule has 0 spiro atoms. The minimum Gasteiger partial charge on any atom is -0.292 e. The predicted molar refractivity (Wildman–Crippen MR) is 74.1 cm³/mol. The number of carbonyl (C=O) groups is 1. The van der Waals surface area contributed by atoms with Gasteiger partial charge in [0, 0.05) is 9.40 Å². The maximum absolute atomic E-state index is 12.4. The molecule has 1 nitrogen and oxygen atoms in total. The number of ketones is 1. The average Bonchev–Trinajstić information content (AvgIpc) is 2.90. The van der Waals surface area contributed by atoms with Gasteiger partial charge in [-0.1, -0.05) is 0 Å². The summed E-state index contributed by atoms with van der Waals surface area (Å²) in [6.45, 7) is 2.10. The molecule has 2 aromatic rings. The molecular weight excluding hydrogens is 256 g/mol. The molecule has 1 aliphatic heterocycles. The summed E-state index contributed by atoms with van der Waals surface area (Å²) >= 11 is 5.18. The molecule has 84 valence electrons. The normalized spacial score (nSPS) is 25.3. The van der Waals surface area contributed by atoms with Gasteiger partial charge in [0.1, 0.15) is 0 Å². The Morgan fingerprint density at radius 2 is 2.31 bits per heavy atom. The van der Waals surface area contributed by atoms with E-state index in [1.54, 1.807) is 22.7 Å². The lowest BCUT2D eigenvalue weighted by Gasteiger charge is -2.19. The molecule has 0 bridgehead atoms. The van der Waals surface area contributed by atoms with Crippen molar-refractivity contribution in [1.29, 1.82) is 0 Å². The van der Waals surface area contributed by atoms with Gasteiger partial charge in [-0.25, -0.2) is 0 Å². The molecule has 0 radical (unpaired) electrons. The van der Waals surface area contributed by atoms with Gasteiger partial charge in [0.15, 0.2) is 5.78 Å². The van der Waals surface area contributed by atoms with E-state index < -0.39 is 0 Å². The van der Waals surface area contributed by atoms with Gasteiger partial charge < -0.3 is 0 Å². The fraction of sp³-hybridized carbons (Fsp3) is 0.417. The standard InChI is InChI=1S/C12H12OS3/c1-12(4-2-5-15-12)11(13)10-7-9-8(16-10)3-6-14-9/h3,6-7H,2,4-5H2,1H3. The van der Waals surface area contributed by atoms with Crippen LogP contribution in [0.1, 0.15) is 29.4 Å². The van der Waals surface area contributed by atoms with Crippen LogP contribution >= 0.6 is 34.4 Å². The van der Waals surface area contributed by atoms with Crippen LogP contribution < -0.4 is 0 Å². The van der Waals surface area contributed by atoms with Crippen LogP contribution in [0, 0.1) is 0 Å². The highest BCUT2D eigenvalue weighted by Crippen LogP contribution is 2.42. The van der Waals surface area contributed by atoms with Gasteiger partial charge in [0.2, 0.25) is 0 Å². The van der Waals surface area contributed by atoms with E-state index in [1.165, 1.54) is 15.8 Å². The Morgan fingerprint density at radius 1 is 1.44 bits per heavy atom. The molecule has 3 heterocycles. The van der Waals surface area contributed by atoms with Gasteiger partial charge in [0.05, 0.1) is 9.62 Å². The van der Waals surface area contributed by atoms with Crippen LogP contribution in [0.3, 0.4) is 0 Å². The SMILES string of the molecule is CC1(C(=O)c2cc3sccc3s2)CCCS1. The molecule has 16 heavy (non-hydrogen) atoms. The molecule has 1 saturated heterocycles. The van der Waals surface area contributed by atoms with Crippen molar-refractivity contribution in [2.24, 2.45) is 0 Å². The summed E-state index contributed by atoms with van der Waals surface area (Å²) in [6, 6.07) is 4.17. The van der Waals surface area contributed by atoms with Crippen molar-refractivity contribution in [3.05, 3.63) is 22.4 Å². The van der Waals surface area contributed by atoms with Crippen molar-refractivity contribution in [3.63, 3.8) is 0 Å². The lowest BCUT2D eigenvalue weighted by atomic mass is 9.99. The molecule has 2 aromatic heterocycles. The van der Waals surface area contributed by atoms with E-state index in [9.17, 15) is 4.79 Å². The molecule has 1 unspecified atom stereocenters. The summed E-state index contributed by atoms with van der Waals surface area (Å²) < 4.78 is 2.34. The second-order valence-electron chi connectivity index (χ2n) is 4.27. The van der Waals surface area contributed by atoms with Crippen LogP contribution in [-0.4, -0.2) is 16.3 Å². The molecular formula is C12H12OS3. The number of Topliss-reactive ketones (excluding diaryl/α,β-unsaturated/α-hetero) is 1. The minimum atomic E-state index is -0.160. The monoisotopic (exact) mass is 268 g/mol. The Balaban J connectivity index is 1.98. The van der Waals surface area contributed by atoms with E-state index in [1.807, 2.05) is 11.8 Å². The van der Waals surface area contributed by atoms with Crippen molar-refractivity contribution in [2.75, 3.05) is 5.75 Å². The topological polar surface area (TPSA) is 17.1 Å². The van der Waals surface area contributed by atoms with Gasteiger partial charge in [-0.3, -0.25) is 4.79 Å². The van der Waals surface area contributed by atoms with E-state index in [2.05, 4.69) is 24.4 Å². The van der Waals surface area contributed by atoms with Crippen molar-refractivity contribution >= 4 is 49.6 Å². The van der Waals surface area contributed by atoms with Crippen molar-refractivity contribution < 1.29 is 4.79 Å². The average molecular weight is 268 g/mol. The number of fused-ring (bicyclic) bond motifs is 1. The first-order valence-corrected chi connectivity index (χ1v) is 8.03. The van der Waals surface area contributed by atoms with Crippen molar-refractivity contribution in [1.82, 2.24) is 0 Å². The minimum absolute atomic E-state index is 0.160. The molecule has 1 atom stereocenters. The lowest BCUT2D eigenvalue weighted by molar-refractivity contribution is 0.0953. The van der Waals surface area contributed by atoms with Crippen LogP contribution in [0.2, 0.25) is 0 Å². The third-order valence-electron chi connectivity index (χ3n) is 3.06. The molecule has 0 amide bonds. The summed E-state index contributed by atoms with van der Waals surface area (Å²) in [5.74, 6) is 1.46. The summed E-state index contributed by atoms with van der Waals surface area (Å²) in [6.07, 6.45) is 2.20. The van der Waals surface area contributed by atoms with Gasteiger partial charge in [-0.15, -0.1) is 34.4 Å². The number of thioether (sulfide) groups is 1. The second kappa shape index (κ2) is 3.86. The maximum atomic E-state index is 12.4. The second-order valence-corrected chi connectivity index (χ2v) is 7.90. The van der Waals surface area contributed by atoms with Crippen molar-refractivity contribution in [3.8, 4) is 0 Å². The Hall–Kier alpha value is -0.320. The Bertz CT molecular complexity index is 503. The molecule has 0 N–H and O–H groups in total. The summed E-state index contributed by atoms with van der Waals surface area (Å²) in [5.41, 5.74) is 0. The summed E-state index contributed by atoms with van der Waals surface area (Å²) in [7, 11) is 0. The van der Waals surface area contributed by atoms with E-state index in [4.69, 9.17) is 0 Å². The highest BCUT2D eigenvalue weighted by molar-refractivity contribution is 8.01. The first kappa shape index (κ1) is 10.8. The highest BCUT2D eigenvalue weighted by atomic mass is 32.2. The predicted octanol–water partition coefficient (Wildman–Crippen LogP) is 4.43. The fourth-order valence-electron chi connectivity index (χ4n) is 2.10. The fourth-order valence-corrected chi connectivity index (χ4v) is 5.61. The maximum Gasteiger partial charge on any atom is 0.188 e. The van der Waals surface area contributed by atoms with Crippen molar-refractivity contribution in [2.45, 2.75) is 24.5 Å². The molecule has 0 saturated carbocycles. The zero-order chi connectivity index (χ0) is 11.2. The quantitative estimate of drug-likeness (QED) is 0.749. The molecule has 4 heteroatoms. The number of carbonyl (C=O) groups excluding carboxylic acids is 1. The van der Waals surface area contributed by atoms with Crippen LogP contribution in [0.15, 0.2) is 17.5 Å². The number of rotatable bonds is 2. The molecule has 1 fully saturated rings. The zero-order valence-electron chi connectivity index (χ0n) is 8.99. The number of hydrogen-bond donors (Lipinski definition) is 0. The highest BCUT2D eigenvalue weighted by Gasteiger charge is 2.38. The smallest absolute Gasteiger partial charge is 0.188 e. The third kappa shape index (κ3) is 1.63. The third-order valence-corrected chi connectivity index (χ3v) is 6.67. The first-order valence-electron chi connectivity index (χ1n) is 5.35. The van der Waals surface area contributed by atoms with Crippen LogP contribution in [0.4, 0.5) is 0 Å². The van der Waals surface area contributed by atoms with Gasteiger partial charge in [0.25, 0.3) is 0 Å². The Labute approximate surface area is 107 Å². The zero-order valence-corrected chi connectivity index (χ0v) is 11.4. The molecule has 0 aromatic carbocycles. The first-order chi connectivity index (χ1) is 7.69. The van der Waals surface area contributed by atoms with Crippen LogP contribution in [-0.2, 0) is 0 Å². The number of thiophene rings is 2. The van der Waals surface area contributed by atoms with Gasteiger partial charge in [-0.05, 0) is 43.0 Å². The largest absolute Gasteiger partial charge is 0.292 e. The molecule has 0 aliphatic carbocycles. The van der Waals surface area contributed by atoms with Gasteiger partial charge >= 0.3 is 0 Å². The van der Waals surface area contributed by atoms with E-state index in [0.717, 1.165) is 17.1 Å². The number of hydrogen-bond acceptors (Lipinski definition) is 4. The lowest BCUT2D eigenvalue weighted by Crippen LogP contribution is -2.27. The Kier molecular flexibility index (Phi) is 2.61. The van der Waals surface area contributed by atoms with E-state index in [-0.39, 0.29) is 4.75 Å².